The number of hydrogen-bond donors (Lipinski definition) is 0. The second-order valence-corrected chi connectivity index (χ2v) is 9.13. The van der Waals surface area contributed by atoms with E-state index in [1.165, 1.54) is 12.2 Å². The van der Waals surface area contributed by atoms with Crippen molar-refractivity contribution in [3.63, 3.8) is 0 Å². The number of halogens is 2. The zero-order valence-electron chi connectivity index (χ0n) is 23.6. The molecule has 0 saturated carbocycles. The zero-order valence-corrected chi connectivity index (χ0v) is 23.6. The van der Waals surface area contributed by atoms with Gasteiger partial charge in [-0.3, -0.25) is 9.59 Å². The highest BCUT2D eigenvalue weighted by Crippen LogP contribution is 2.28. The minimum atomic E-state index is -1.20. The van der Waals surface area contributed by atoms with Crippen molar-refractivity contribution >= 4 is 29.3 Å². The first-order chi connectivity index (χ1) is 21.2. The third-order valence-electron chi connectivity index (χ3n) is 6.05. The Labute approximate surface area is 253 Å². The molecule has 0 bridgehead atoms. The van der Waals surface area contributed by atoms with Crippen molar-refractivity contribution in [3.8, 4) is 17.6 Å². The highest BCUT2D eigenvalue weighted by molar-refractivity contribution is 6.04. The summed E-state index contributed by atoms with van der Waals surface area (Å²) in [6, 6.07) is 7.00. The van der Waals surface area contributed by atoms with E-state index in [1.54, 1.807) is 12.1 Å². The largest absolute Gasteiger partial charge is 0.491 e. The average Bonchev–Trinajstić information content (AvgIpc) is 3.02. The summed E-state index contributed by atoms with van der Waals surface area (Å²) in [4.78, 5) is 47.1. The van der Waals surface area contributed by atoms with E-state index < -0.39 is 29.5 Å². The van der Waals surface area contributed by atoms with Gasteiger partial charge in [0.05, 0.1) is 19.3 Å². The molecule has 0 atom stereocenters. The molecule has 0 amide bonds. The quantitative estimate of drug-likeness (QED) is 0.0518. The fraction of sp³-hybridized carbons (Fsp3) is 0.176. The number of esters is 3. The van der Waals surface area contributed by atoms with Crippen molar-refractivity contribution in [1.82, 2.24) is 0 Å². The molecule has 0 fully saturated rings. The second-order valence-electron chi connectivity index (χ2n) is 9.13. The third-order valence-corrected chi connectivity index (χ3v) is 6.05. The van der Waals surface area contributed by atoms with Crippen LogP contribution in [0.3, 0.4) is 0 Å². The van der Waals surface area contributed by atoms with Gasteiger partial charge in [0.15, 0.2) is 0 Å². The molecule has 8 nitrogen and oxygen atoms in total. The molecule has 44 heavy (non-hydrogen) atoms. The molecular formula is C34H28F2O8. The molecule has 3 rings (SSSR count). The molecule has 0 aliphatic heterocycles. The van der Waals surface area contributed by atoms with Crippen molar-refractivity contribution in [2.45, 2.75) is 32.1 Å². The molecule has 226 valence electrons. The lowest BCUT2D eigenvalue weighted by Gasteiger charge is -2.14. The van der Waals surface area contributed by atoms with Crippen LogP contribution in [0.15, 0.2) is 115 Å². The van der Waals surface area contributed by atoms with Crippen LogP contribution in [0.4, 0.5) is 8.78 Å². The second kappa shape index (κ2) is 16.8. The molecule has 0 unspecified atom stereocenters. The van der Waals surface area contributed by atoms with Crippen molar-refractivity contribution in [1.29, 1.82) is 0 Å². The van der Waals surface area contributed by atoms with Gasteiger partial charge >= 0.3 is 17.9 Å². The molecule has 0 heterocycles. The Bertz CT molecular complexity index is 1570. The fourth-order valence-corrected chi connectivity index (χ4v) is 3.80. The van der Waals surface area contributed by atoms with Crippen LogP contribution in [0.25, 0.3) is 5.57 Å². The van der Waals surface area contributed by atoms with Crippen LogP contribution in [0.5, 0.6) is 5.75 Å². The summed E-state index contributed by atoms with van der Waals surface area (Å²) < 4.78 is 45.6. The van der Waals surface area contributed by atoms with Crippen molar-refractivity contribution in [3.05, 3.63) is 121 Å². The van der Waals surface area contributed by atoms with E-state index in [-0.39, 0.29) is 43.7 Å². The minimum absolute atomic E-state index is 0.117. The Balaban J connectivity index is 1.51. The Morgan fingerprint density at radius 3 is 2.32 bits per heavy atom. The topological polar surface area (TPSA) is 105 Å². The zero-order chi connectivity index (χ0) is 31.9. The SMILES string of the molecule is C=COC(=O)CCOC(/C=C\C(=O)C#CC1=CC=C(c2ccc(OC(=O)C3=CC=C(OC(=O)C(=C)F)CC3)cc2)CC1)=C\F. The van der Waals surface area contributed by atoms with Gasteiger partial charge in [-0.25, -0.2) is 14.0 Å². The van der Waals surface area contributed by atoms with Crippen LogP contribution in [-0.4, -0.2) is 30.3 Å². The third kappa shape index (κ3) is 10.7. The Kier molecular flexibility index (Phi) is 12.6. The first-order valence-electron chi connectivity index (χ1n) is 13.3. The maximum Gasteiger partial charge on any atom is 0.371 e. The first-order valence-corrected chi connectivity index (χ1v) is 13.3. The number of ketones is 1. The van der Waals surface area contributed by atoms with Crippen LogP contribution in [0.1, 0.15) is 37.7 Å². The number of rotatable bonds is 12. The summed E-state index contributed by atoms with van der Waals surface area (Å²) in [6.45, 7) is 6.00. The summed E-state index contributed by atoms with van der Waals surface area (Å²) in [5.41, 5.74) is 3.09. The Morgan fingerprint density at radius 1 is 0.932 bits per heavy atom. The molecule has 0 spiro atoms. The van der Waals surface area contributed by atoms with Gasteiger partial charge < -0.3 is 18.9 Å². The molecule has 2 aliphatic carbocycles. The van der Waals surface area contributed by atoms with E-state index in [9.17, 15) is 28.0 Å². The van der Waals surface area contributed by atoms with E-state index >= 15 is 0 Å². The normalized spacial score (nSPS) is 14.5. The molecule has 0 radical (unpaired) electrons. The summed E-state index contributed by atoms with van der Waals surface area (Å²) in [5, 5.41) is 0. The van der Waals surface area contributed by atoms with Crippen LogP contribution in [-0.2, 0) is 33.4 Å². The van der Waals surface area contributed by atoms with Crippen molar-refractivity contribution < 1.29 is 46.9 Å². The highest BCUT2D eigenvalue weighted by atomic mass is 19.1. The lowest BCUT2D eigenvalue weighted by molar-refractivity contribution is -0.139. The van der Waals surface area contributed by atoms with E-state index in [2.05, 4.69) is 29.7 Å². The number of allylic oxidation sites excluding steroid dienone is 9. The van der Waals surface area contributed by atoms with E-state index in [0.717, 1.165) is 35.1 Å². The molecule has 0 saturated heterocycles. The Morgan fingerprint density at radius 2 is 1.70 bits per heavy atom. The molecule has 10 heteroatoms. The van der Waals surface area contributed by atoms with Crippen LogP contribution in [0.2, 0.25) is 0 Å². The lowest BCUT2D eigenvalue weighted by Crippen LogP contribution is -2.14. The molecular weight excluding hydrogens is 574 g/mol. The Hall–Kier alpha value is -5.56. The molecule has 1 aromatic rings. The van der Waals surface area contributed by atoms with Crippen molar-refractivity contribution in [2.24, 2.45) is 0 Å². The average molecular weight is 603 g/mol. The first kappa shape index (κ1) is 32.9. The highest BCUT2D eigenvalue weighted by Gasteiger charge is 2.19. The molecule has 2 aliphatic rings. The molecule has 0 N–H and O–H groups in total. The van der Waals surface area contributed by atoms with E-state index in [0.29, 0.717) is 24.2 Å². The van der Waals surface area contributed by atoms with Gasteiger partial charge in [-0.1, -0.05) is 43.4 Å². The van der Waals surface area contributed by atoms with Gasteiger partial charge in [0.25, 0.3) is 0 Å². The summed E-state index contributed by atoms with van der Waals surface area (Å²) in [6.07, 6.45) is 11.6. The van der Waals surface area contributed by atoms with Gasteiger partial charge in [0.2, 0.25) is 11.6 Å². The number of carbonyl (C=O) groups excluding carboxylic acids is 4. The summed E-state index contributed by atoms with van der Waals surface area (Å²) in [5.74, 6) is 1.60. The van der Waals surface area contributed by atoms with E-state index in [4.69, 9.17) is 14.2 Å². The fourth-order valence-electron chi connectivity index (χ4n) is 3.80. The molecule has 0 aromatic heterocycles. The van der Waals surface area contributed by atoms with Gasteiger partial charge in [0, 0.05) is 17.6 Å². The maximum atomic E-state index is 13.0. The van der Waals surface area contributed by atoms with Gasteiger partial charge in [-0.05, 0) is 72.8 Å². The van der Waals surface area contributed by atoms with Crippen LogP contribution in [0, 0.1) is 11.8 Å². The smallest absolute Gasteiger partial charge is 0.371 e. The van der Waals surface area contributed by atoms with Gasteiger partial charge in [-0.15, -0.1) is 0 Å². The maximum absolute atomic E-state index is 13.0. The number of carbonyl (C=O) groups is 4. The van der Waals surface area contributed by atoms with Crippen LogP contribution < -0.4 is 4.74 Å². The predicted molar refractivity (Wildman–Crippen MR) is 157 cm³/mol. The standard InChI is InChI=1S/C34H28F2O8/c1-3-41-32(38)20-21-42-31(22-35)19-14-28(37)13-6-24-4-7-25(8-5-24)26-9-15-30(16-10-26)44-34(40)27-11-17-29(18-12-27)43-33(39)23(2)36/h3-4,7,9-11,14-17,19,22H,1-2,5,8,12,18,20-21H2/b19-14-,31-22-. The van der Waals surface area contributed by atoms with Gasteiger partial charge in [0.1, 0.15) is 23.6 Å². The summed E-state index contributed by atoms with van der Waals surface area (Å²) >= 11 is 0. The summed E-state index contributed by atoms with van der Waals surface area (Å²) in [7, 11) is 0. The number of hydrogen-bond acceptors (Lipinski definition) is 8. The lowest BCUT2D eigenvalue weighted by atomic mass is 9.93. The predicted octanol–water partition coefficient (Wildman–Crippen LogP) is 6.36. The van der Waals surface area contributed by atoms with Gasteiger partial charge in [-0.2, -0.15) is 4.39 Å². The monoisotopic (exact) mass is 602 g/mol. The number of benzene rings is 1. The molecule has 1 aromatic carbocycles. The van der Waals surface area contributed by atoms with Crippen LogP contribution >= 0.6 is 0 Å². The number of ether oxygens (including phenoxy) is 4. The minimum Gasteiger partial charge on any atom is -0.491 e. The van der Waals surface area contributed by atoms with E-state index in [1.807, 2.05) is 24.3 Å². The van der Waals surface area contributed by atoms with Crippen molar-refractivity contribution in [2.75, 3.05) is 6.61 Å².